The first-order valence-corrected chi connectivity index (χ1v) is 9.04. The Morgan fingerprint density at radius 2 is 1.96 bits per heavy atom. The Bertz CT molecular complexity index is 772. The minimum Gasteiger partial charge on any atom is -0.497 e. The number of alkyl halides is 2. The number of ether oxygens (including phenoxy) is 2. The molecule has 2 rings (SSSR count). The molecule has 0 amide bonds. The summed E-state index contributed by atoms with van der Waals surface area (Å²) < 4.78 is 40.4. The first-order chi connectivity index (χ1) is 13.5. The molecule has 2 N–H and O–H groups in total. The van der Waals surface area contributed by atoms with Gasteiger partial charge in [-0.1, -0.05) is 19.0 Å². The predicted octanol–water partition coefficient (Wildman–Crippen LogP) is 3.27. The molecule has 1 aromatic carbocycles. The average molecular weight is 396 g/mol. The van der Waals surface area contributed by atoms with Crippen LogP contribution in [-0.4, -0.2) is 31.9 Å². The number of halogens is 2. The van der Waals surface area contributed by atoms with Crippen LogP contribution in [0.2, 0.25) is 0 Å². The second-order valence-corrected chi connectivity index (χ2v) is 5.87. The van der Waals surface area contributed by atoms with Crippen molar-refractivity contribution in [3.8, 4) is 11.5 Å². The molecule has 154 valence electrons. The van der Waals surface area contributed by atoms with E-state index in [0.29, 0.717) is 23.8 Å². The van der Waals surface area contributed by atoms with Gasteiger partial charge in [-0.3, -0.25) is 4.99 Å². The Morgan fingerprint density at radius 3 is 2.57 bits per heavy atom. The van der Waals surface area contributed by atoms with E-state index >= 15 is 0 Å². The van der Waals surface area contributed by atoms with Gasteiger partial charge in [0.25, 0.3) is 0 Å². The highest BCUT2D eigenvalue weighted by molar-refractivity contribution is 5.79. The van der Waals surface area contributed by atoms with Gasteiger partial charge in [-0.05, 0) is 18.6 Å². The molecule has 1 heterocycles. The molecule has 1 aromatic heterocycles. The van der Waals surface area contributed by atoms with Gasteiger partial charge in [-0.2, -0.15) is 8.78 Å². The number of nitrogens with one attached hydrogen (secondary N) is 2. The highest BCUT2D eigenvalue weighted by Gasteiger charge is 2.15. The number of methoxy groups -OCH3 is 1. The van der Waals surface area contributed by atoms with E-state index in [1.165, 1.54) is 13.2 Å². The van der Waals surface area contributed by atoms with Crippen LogP contribution >= 0.6 is 0 Å². The number of aliphatic imine (C=N–C) groups is 1. The van der Waals surface area contributed by atoms with Gasteiger partial charge < -0.3 is 24.6 Å². The summed E-state index contributed by atoms with van der Waals surface area (Å²) in [5.74, 6) is 1.85. The molecule has 0 aliphatic heterocycles. The Labute approximate surface area is 163 Å². The van der Waals surface area contributed by atoms with Crippen molar-refractivity contribution < 1.29 is 22.8 Å². The van der Waals surface area contributed by atoms with Crippen LogP contribution < -0.4 is 20.1 Å². The van der Waals surface area contributed by atoms with Crippen LogP contribution in [0.15, 0.2) is 27.7 Å². The number of nitrogens with zero attached hydrogens (tertiary/aromatic N) is 2. The summed E-state index contributed by atoms with van der Waals surface area (Å²) in [4.78, 5) is 4.17. The third-order valence-electron chi connectivity index (χ3n) is 4.20. The van der Waals surface area contributed by atoms with Crippen molar-refractivity contribution in [2.45, 2.75) is 46.4 Å². The van der Waals surface area contributed by atoms with Gasteiger partial charge in [0.2, 0.25) is 0 Å². The third kappa shape index (κ3) is 5.58. The van der Waals surface area contributed by atoms with Crippen LogP contribution in [0.3, 0.4) is 0 Å². The molecule has 0 unspecified atom stereocenters. The maximum atomic E-state index is 12.7. The van der Waals surface area contributed by atoms with Crippen LogP contribution in [0.1, 0.15) is 36.4 Å². The lowest BCUT2D eigenvalue weighted by Gasteiger charge is -2.15. The highest BCUT2D eigenvalue weighted by Crippen LogP contribution is 2.26. The Morgan fingerprint density at radius 1 is 1.21 bits per heavy atom. The third-order valence-corrected chi connectivity index (χ3v) is 4.20. The summed E-state index contributed by atoms with van der Waals surface area (Å²) in [5.41, 5.74) is 2.47. The van der Waals surface area contributed by atoms with E-state index in [1.54, 1.807) is 19.2 Å². The molecule has 0 saturated heterocycles. The largest absolute Gasteiger partial charge is 0.497 e. The molecule has 0 aliphatic rings. The van der Waals surface area contributed by atoms with Crippen LogP contribution in [0.25, 0.3) is 0 Å². The number of hydrogen-bond acceptors (Lipinski definition) is 5. The number of aromatic nitrogens is 1. The maximum Gasteiger partial charge on any atom is 0.387 e. The summed E-state index contributed by atoms with van der Waals surface area (Å²) in [5, 5.41) is 10.4. The number of guanidine groups is 1. The predicted molar refractivity (Wildman–Crippen MR) is 102 cm³/mol. The molecule has 0 radical (unpaired) electrons. The van der Waals surface area contributed by atoms with Gasteiger partial charge >= 0.3 is 6.61 Å². The molecule has 28 heavy (non-hydrogen) atoms. The summed E-state index contributed by atoms with van der Waals surface area (Å²) in [6, 6.07) is 4.78. The van der Waals surface area contributed by atoms with Gasteiger partial charge in [0, 0.05) is 43.8 Å². The molecular weight excluding hydrogens is 370 g/mol. The number of benzene rings is 1. The van der Waals surface area contributed by atoms with Crippen LogP contribution in [0, 0.1) is 0 Å². The van der Waals surface area contributed by atoms with Crippen molar-refractivity contribution in [2.75, 3.05) is 14.2 Å². The van der Waals surface area contributed by atoms with Crippen molar-refractivity contribution in [3.05, 3.63) is 40.8 Å². The van der Waals surface area contributed by atoms with Gasteiger partial charge in [0.1, 0.15) is 17.3 Å². The second-order valence-electron chi connectivity index (χ2n) is 5.87. The zero-order valence-corrected chi connectivity index (χ0v) is 16.5. The molecule has 0 atom stereocenters. The molecule has 0 bridgehead atoms. The standard InChI is InChI=1S/C19H26F2N4O3/c1-5-15-14(16(6-2)28-25-15)11-24-19(22-3)23-10-12-7-8-13(26-4)9-17(12)27-18(20)21/h7-9,18H,5-6,10-11H2,1-4H3,(H2,22,23,24). The number of hydrogen-bond donors (Lipinski definition) is 2. The fourth-order valence-corrected chi connectivity index (χ4v) is 2.72. The van der Waals surface area contributed by atoms with Crippen molar-refractivity contribution in [1.82, 2.24) is 15.8 Å². The van der Waals surface area contributed by atoms with Crippen LogP contribution in [-0.2, 0) is 25.9 Å². The van der Waals surface area contributed by atoms with E-state index < -0.39 is 6.61 Å². The average Bonchev–Trinajstić information content (AvgIpc) is 3.10. The Hall–Kier alpha value is -2.84. The normalized spacial score (nSPS) is 11.6. The fourth-order valence-electron chi connectivity index (χ4n) is 2.72. The molecule has 0 saturated carbocycles. The molecule has 0 spiro atoms. The quantitative estimate of drug-likeness (QED) is 0.500. The monoisotopic (exact) mass is 396 g/mol. The Kier molecular flexibility index (Phi) is 8.03. The molecule has 2 aromatic rings. The van der Waals surface area contributed by atoms with Gasteiger partial charge in [0.05, 0.1) is 12.8 Å². The molecular formula is C19H26F2N4O3. The molecule has 7 nitrogen and oxygen atoms in total. The van der Waals surface area contributed by atoms with Gasteiger partial charge in [-0.25, -0.2) is 0 Å². The topological polar surface area (TPSA) is 80.9 Å². The summed E-state index contributed by atoms with van der Waals surface area (Å²) >= 11 is 0. The number of rotatable bonds is 9. The highest BCUT2D eigenvalue weighted by atomic mass is 19.3. The molecule has 9 heteroatoms. The van der Waals surface area contributed by atoms with Gasteiger partial charge in [-0.15, -0.1) is 0 Å². The van der Waals surface area contributed by atoms with E-state index in [1.807, 2.05) is 13.8 Å². The van der Waals surface area contributed by atoms with Crippen LogP contribution in [0.4, 0.5) is 8.78 Å². The first-order valence-electron chi connectivity index (χ1n) is 9.04. The smallest absolute Gasteiger partial charge is 0.387 e. The van der Waals surface area contributed by atoms with Crippen LogP contribution in [0.5, 0.6) is 11.5 Å². The van der Waals surface area contributed by atoms with Gasteiger partial charge in [0.15, 0.2) is 5.96 Å². The molecule has 0 fully saturated rings. The molecule has 0 aliphatic carbocycles. The van der Waals surface area contributed by atoms with Crippen molar-refractivity contribution >= 4 is 5.96 Å². The lowest BCUT2D eigenvalue weighted by atomic mass is 10.1. The lowest BCUT2D eigenvalue weighted by molar-refractivity contribution is -0.0505. The summed E-state index contributed by atoms with van der Waals surface area (Å²) in [6.45, 7) is 1.85. The van der Waals surface area contributed by atoms with E-state index in [0.717, 1.165) is 29.9 Å². The van der Waals surface area contributed by atoms with Crippen molar-refractivity contribution in [2.24, 2.45) is 4.99 Å². The van der Waals surface area contributed by atoms with E-state index in [9.17, 15) is 8.78 Å². The fraction of sp³-hybridized carbons (Fsp3) is 0.474. The Balaban J connectivity index is 2.04. The minimum atomic E-state index is -2.92. The minimum absolute atomic E-state index is 0.0536. The maximum absolute atomic E-state index is 12.7. The SMILES string of the molecule is CCc1noc(CC)c1CNC(=NC)NCc1ccc(OC)cc1OC(F)F. The zero-order valence-electron chi connectivity index (χ0n) is 16.5. The summed E-state index contributed by atoms with van der Waals surface area (Å²) in [7, 11) is 3.10. The van der Waals surface area contributed by atoms with Crippen molar-refractivity contribution in [3.63, 3.8) is 0 Å². The van der Waals surface area contributed by atoms with Crippen molar-refractivity contribution in [1.29, 1.82) is 0 Å². The number of aryl methyl sites for hydroxylation is 2. The van der Waals surface area contributed by atoms with E-state index in [-0.39, 0.29) is 12.3 Å². The van der Waals surface area contributed by atoms with E-state index in [2.05, 4.69) is 25.5 Å². The second kappa shape index (κ2) is 10.5. The van der Waals surface area contributed by atoms with E-state index in [4.69, 9.17) is 9.26 Å². The first kappa shape index (κ1) is 21.5. The lowest BCUT2D eigenvalue weighted by Crippen LogP contribution is -2.36. The summed E-state index contributed by atoms with van der Waals surface area (Å²) in [6.07, 6.45) is 1.52. The zero-order chi connectivity index (χ0) is 20.5.